The van der Waals surface area contributed by atoms with E-state index in [0.717, 1.165) is 19.0 Å². The maximum atomic E-state index is 5.89. The molecule has 1 unspecified atom stereocenters. The van der Waals surface area contributed by atoms with E-state index in [0.29, 0.717) is 6.04 Å². The summed E-state index contributed by atoms with van der Waals surface area (Å²) in [5, 5.41) is 0. The molecule has 0 heterocycles. The van der Waals surface area contributed by atoms with Gasteiger partial charge in [-0.05, 0) is 45.2 Å². The normalized spacial score (nSPS) is 16.5. The standard InChI is InChI=1S/C15H24N2.ClH/c1-11-6-12(2)8-13(7-11)10-17(3)15(9-16)14-4-5-14;/h6-8,14-15H,4-5,9-10,16H2,1-3H3;1H. The third kappa shape index (κ3) is 3.98. The van der Waals surface area contributed by atoms with Gasteiger partial charge in [0.1, 0.15) is 0 Å². The molecule has 2 rings (SSSR count). The molecule has 1 aliphatic carbocycles. The Bertz CT molecular complexity index is 368. The van der Waals surface area contributed by atoms with Crippen LogP contribution in [0.2, 0.25) is 0 Å². The van der Waals surface area contributed by atoms with Gasteiger partial charge in [-0.3, -0.25) is 4.90 Å². The Morgan fingerprint density at radius 3 is 2.22 bits per heavy atom. The maximum Gasteiger partial charge on any atom is 0.0247 e. The summed E-state index contributed by atoms with van der Waals surface area (Å²) in [6, 6.07) is 7.36. The van der Waals surface area contributed by atoms with Crippen molar-refractivity contribution >= 4 is 12.4 Å². The van der Waals surface area contributed by atoms with E-state index in [1.807, 2.05) is 0 Å². The average Bonchev–Trinajstić information content (AvgIpc) is 3.01. The van der Waals surface area contributed by atoms with Gasteiger partial charge < -0.3 is 5.73 Å². The second-order valence-electron chi connectivity index (χ2n) is 5.55. The molecular formula is C15H25ClN2. The Kier molecular flexibility index (Phi) is 5.64. The first-order valence-corrected chi connectivity index (χ1v) is 6.57. The lowest BCUT2D eigenvalue weighted by molar-refractivity contribution is 0.215. The molecule has 2 nitrogen and oxygen atoms in total. The molecule has 102 valence electrons. The number of likely N-dealkylation sites (N-methyl/N-ethyl adjacent to an activating group) is 1. The number of rotatable bonds is 5. The number of halogens is 1. The highest BCUT2D eigenvalue weighted by Crippen LogP contribution is 2.34. The van der Waals surface area contributed by atoms with Crippen molar-refractivity contribution in [2.24, 2.45) is 11.7 Å². The van der Waals surface area contributed by atoms with Crippen LogP contribution in [0.25, 0.3) is 0 Å². The van der Waals surface area contributed by atoms with Gasteiger partial charge in [0.05, 0.1) is 0 Å². The van der Waals surface area contributed by atoms with Gasteiger partial charge in [-0.1, -0.05) is 29.3 Å². The molecule has 1 aromatic carbocycles. The molecule has 1 aromatic rings. The zero-order valence-corrected chi connectivity index (χ0v) is 12.5. The first kappa shape index (κ1) is 15.5. The number of nitrogens with zero attached hydrogens (tertiary/aromatic N) is 1. The van der Waals surface area contributed by atoms with E-state index >= 15 is 0 Å². The first-order chi connectivity index (χ1) is 8.10. The Morgan fingerprint density at radius 1 is 1.22 bits per heavy atom. The summed E-state index contributed by atoms with van der Waals surface area (Å²) < 4.78 is 0. The van der Waals surface area contributed by atoms with Crippen LogP contribution in [0.5, 0.6) is 0 Å². The fraction of sp³-hybridized carbons (Fsp3) is 0.600. The molecule has 0 aromatic heterocycles. The molecule has 0 spiro atoms. The summed E-state index contributed by atoms with van der Waals surface area (Å²) in [5.41, 5.74) is 10.00. The molecule has 1 aliphatic rings. The van der Waals surface area contributed by atoms with Crippen molar-refractivity contribution in [2.75, 3.05) is 13.6 Å². The molecule has 1 atom stereocenters. The summed E-state index contributed by atoms with van der Waals surface area (Å²) in [5.74, 6) is 0.843. The lowest BCUT2D eigenvalue weighted by Gasteiger charge is -2.27. The topological polar surface area (TPSA) is 29.3 Å². The van der Waals surface area contributed by atoms with Gasteiger partial charge in [-0.2, -0.15) is 0 Å². The van der Waals surface area contributed by atoms with Gasteiger partial charge in [0.2, 0.25) is 0 Å². The fourth-order valence-corrected chi connectivity index (χ4v) is 2.78. The SMILES string of the molecule is Cc1cc(C)cc(CN(C)C(CN)C2CC2)c1.Cl. The van der Waals surface area contributed by atoms with Gasteiger partial charge in [0, 0.05) is 19.1 Å². The summed E-state index contributed by atoms with van der Waals surface area (Å²) >= 11 is 0. The van der Waals surface area contributed by atoms with Crippen LogP contribution < -0.4 is 5.73 Å². The summed E-state index contributed by atoms with van der Waals surface area (Å²) in [7, 11) is 2.20. The lowest BCUT2D eigenvalue weighted by Crippen LogP contribution is -2.39. The molecule has 0 amide bonds. The van der Waals surface area contributed by atoms with Crippen LogP contribution in [0.15, 0.2) is 18.2 Å². The Hall–Kier alpha value is -0.570. The molecule has 3 heteroatoms. The second-order valence-corrected chi connectivity index (χ2v) is 5.55. The summed E-state index contributed by atoms with van der Waals surface area (Å²) in [4.78, 5) is 2.42. The van der Waals surface area contributed by atoms with Crippen LogP contribution in [0.4, 0.5) is 0 Å². The van der Waals surface area contributed by atoms with Crippen LogP contribution in [-0.2, 0) is 6.54 Å². The molecule has 0 saturated heterocycles. The average molecular weight is 269 g/mol. The van der Waals surface area contributed by atoms with Gasteiger partial charge in [0.25, 0.3) is 0 Å². The smallest absolute Gasteiger partial charge is 0.0247 e. The molecule has 0 bridgehead atoms. The van der Waals surface area contributed by atoms with Crippen LogP contribution in [0, 0.1) is 19.8 Å². The van der Waals surface area contributed by atoms with Crippen molar-refractivity contribution in [3.8, 4) is 0 Å². The van der Waals surface area contributed by atoms with Crippen molar-refractivity contribution in [2.45, 2.75) is 39.3 Å². The van der Waals surface area contributed by atoms with Crippen LogP contribution in [0.1, 0.15) is 29.5 Å². The third-order valence-corrected chi connectivity index (χ3v) is 3.69. The minimum atomic E-state index is 0. The quantitative estimate of drug-likeness (QED) is 0.890. The van der Waals surface area contributed by atoms with Crippen molar-refractivity contribution in [1.82, 2.24) is 4.90 Å². The Balaban J connectivity index is 0.00000162. The highest BCUT2D eigenvalue weighted by Gasteiger charge is 2.32. The summed E-state index contributed by atoms with van der Waals surface area (Å²) in [6.07, 6.45) is 2.72. The van der Waals surface area contributed by atoms with Crippen molar-refractivity contribution in [3.63, 3.8) is 0 Å². The predicted molar refractivity (Wildman–Crippen MR) is 80.2 cm³/mol. The van der Waals surface area contributed by atoms with Gasteiger partial charge in [-0.15, -0.1) is 12.4 Å². The van der Waals surface area contributed by atoms with Crippen LogP contribution >= 0.6 is 12.4 Å². The van der Waals surface area contributed by atoms with Crippen molar-refractivity contribution in [1.29, 1.82) is 0 Å². The van der Waals surface area contributed by atoms with E-state index in [1.54, 1.807) is 0 Å². The molecule has 1 saturated carbocycles. The van der Waals surface area contributed by atoms with Crippen LogP contribution in [0.3, 0.4) is 0 Å². The minimum Gasteiger partial charge on any atom is -0.329 e. The molecule has 0 radical (unpaired) electrons. The molecular weight excluding hydrogens is 244 g/mol. The third-order valence-electron chi connectivity index (χ3n) is 3.69. The van der Waals surface area contributed by atoms with Gasteiger partial charge in [-0.25, -0.2) is 0 Å². The van der Waals surface area contributed by atoms with E-state index in [9.17, 15) is 0 Å². The number of hydrogen-bond donors (Lipinski definition) is 1. The zero-order valence-electron chi connectivity index (χ0n) is 11.6. The Morgan fingerprint density at radius 2 is 1.78 bits per heavy atom. The largest absolute Gasteiger partial charge is 0.329 e. The molecule has 0 aliphatic heterocycles. The van der Waals surface area contributed by atoms with E-state index in [4.69, 9.17) is 5.73 Å². The number of benzene rings is 1. The second kappa shape index (κ2) is 6.55. The lowest BCUT2D eigenvalue weighted by atomic mass is 10.1. The van der Waals surface area contributed by atoms with Gasteiger partial charge >= 0.3 is 0 Å². The predicted octanol–water partition coefficient (Wildman–Crippen LogP) is 2.89. The first-order valence-electron chi connectivity index (χ1n) is 6.57. The van der Waals surface area contributed by atoms with Crippen molar-refractivity contribution in [3.05, 3.63) is 34.9 Å². The minimum absolute atomic E-state index is 0. The van der Waals surface area contributed by atoms with Crippen LogP contribution in [-0.4, -0.2) is 24.5 Å². The highest BCUT2D eigenvalue weighted by molar-refractivity contribution is 5.85. The van der Waals surface area contributed by atoms with Crippen molar-refractivity contribution < 1.29 is 0 Å². The van der Waals surface area contributed by atoms with Gasteiger partial charge in [0.15, 0.2) is 0 Å². The Labute approximate surface area is 117 Å². The number of hydrogen-bond acceptors (Lipinski definition) is 2. The molecule has 1 fully saturated rings. The molecule has 2 N–H and O–H groups in total. The van der Waals surface area contributed by atoms with E-state index in [2.05, 4.69) is 44.0 Å². The zero-order chi connectivity index (χ0) is 12.4. The van der Waals surface area contributed by atoms with E-state index in [1.165, 1.54) is 29.5 Å². The monoisotopic (exact) mass is 268 g/mol. The molecule has 18 heavy (non-hydrogen) atoms. The number of nitrogens with two attached hydrogens (primary N) is 1. The highest BCUT2D eigenvalue weighted by atomic mass is 35.5. The van der Waals surface area contributed by atoms with E-state index < -0.39 is 0 Å². The fourth-order valence-electron chi connectivity index (χ4n) is 2.78. The van der Waals surface area contributed by atoms with E-state index in [-0.39, 0.29) is 12.4 Å². The summed E-state index contributed by atoms with van der Waals surface area (Å²) in [6.45, 7) is 6.13. The maximum absolute atomic E-state index is 5.89. The number of aryl methyl sites for hydroxylation is 2.